The Kier molecular flexibility index (Phi) is 7.12. The number of halogens is 4. The molecule has 0 bridgehead atoms. The number of nitrogens with one attached hydrogen (secondary N) is 1. The van der Waals surface area contributed by atoms with E-state index in [1.54, 1.807) is 17.8 Å². The van der Waals surface area contributed by atoms with Gasteiger partial charge in [0.2, 0.25) is 5.92 Å². The minimum atomic E-state index is -2.67. The first-order valence-electron chi connectivity index (χ1n) is 8.43. The van der Waals surface area contributed by atoms with Gasteiger partial charge < -0.3 is 4.74 Å². The van der Waals surface area contributed by atoms with Crippen LogP contribution in [-0.2, 0) is 17.9 Å². The fraction of sp³-hybridized carbons (Fsp3) is 0.444. The van der Waals surface area contributed by atoms with Gasteiger partial charge in [0.05, 0.1) is 16.9 Å². The Bertz CT molecular complexity index is 791. The Balaban J connectivity index is 1.80. The number of ether oxygens (including phenoxy) is 1. The zero-order valence-electron chi connectivity index (χ0n) is 15.1. The van der Waals surface area contributed by atoms with Crippen LogP contribution >= 0.6 is 11.6 Å². The smallest absolute Gasteiger partial charge is 0.412 e. The van der Waals surface area contributed by atoms with E-state index in [0.717, 1.165) is 6.92 Å². The number of nitrogens with zero attached hydrogens (tertiary/aromatic N) is 2. The molecule has 1 heterocycles. The summed E-state index contributed by atoms with van der Waals surface area (Å²) in [6.07, 6.45) is 2.93. The van der Waals surface area contributed by atoms with Crippen LogP contribution in [0, 0.1) is 12.7 Å². The second-order valence-electron chi connectivity index (χ2n) is 6.38. The van der Waals surface area contributed by atoms with Crippen molar-refractivity contribution >= 4 is 23.4 Å². The summed E-state index contributed by atoms with van der Waals surface area (Å²) in [5.74, 6) is -3.22. The maximum atomic E-state index is 13.8. The first-order valence-corrected chi connectivity index (χ1v) is 8.81. The summed E-state index contributed by atoms with van der Waals surface area (Å²) >= 11 is 6.02. The molecule has 1 aromatic heterocycles. The molecule has 0 atom stereocenters. The lowest BCUT2D eigenvalue weighted by Gasteiger charge is -2.10. The van der Waals surface area contributed by atoms with E-state index in [4.69, 9.17) is 16.3 Å². The number of amides is 1. The molecule has 0 aliphatic carbocycles. The van der Waals surface area contributed by atoms with Gasteiger partial charge in [0.25, 0.3) is 0 Å². The molecule has 148 valence electrons. The Labute approximate surface area is 160 Å². The highest BCUT2D eigenvalue weighted by Crippen LogP contribution is 2.24. The van der Waals surface area contributed by atoms with E-state index in [-0.39, 0.29) is 23.6 Å². The topological polar surface area (TPSA) is 56.1 Å². The standard InChI is InChI=1S/C18H21ClF3N3O2/c1-12-5-6-15(20)14(16(12)19)11-27-17(26)24-13-9-23-25(10-13)8-4-3-7-18(2,21)22/h5-6,9-10H,3-4,7-8,11H2,1-2H3,(H,24,26). The van der Waals surface area contributed by atoms with Crippen LogP contribution in [0.15, 0.2) is 24.5 Å². The molecule has 0 radical (unpaired) electrons. The summed E-state index contributed by atoms with van der Waals surface area (Å²) in [6.45, 7) is 2.76. The molecular weight excluding hydrogens is 383 g/mol. The molecule has 0 fully saturated rings. The summed E-state index contributed by atoms with van der Waals surface area (Å²) in [6, 6.07) is 2.80. The second kappa shape index (κ2) is 9.12. The number of alkyl halides is 2. The van der Waals surface area contributed by atoms with Gasteiger partial charge in [-0.25, -0.2) is 18.0 Å². The van der Waals surface area contributed by atoms with Crippen LogP contribution in [-0.4, -0.2) is 21.8 Å². The van der Waals surface area contributed by atoms with Crippen molar-refractivity contribution in [3.8, 4) is 0 Å². The highest BCUT2D eigenvalue weighted by Gasteiger charge is 2.19. The van der Waals surface area contributed by atoms with Crippen LogP contribution in [0.2, 0.25) is 5.02 Å². The number of unbranched alkanes of at least 4 members (excludes halogenated alkanes) is 1. The third kappa shape index (κ3) is 6.78. The first kappa shape index (κ1) is 21.1. The van der Waals surface area contributed by atoms with Gasteiger partial charge in [0.15, 0.2) is 0 Å². The van der Waals surface area contributed by atoms with Crippen molar-refractivity contribution in [1.29, 1.82) is 0 Å². The molecule has 0 aliphatic rings. The molecule has 0 spiro atoms. The number of hydrogen-bond donors (Lipinski definition) is 1. The first-order chi connectivity index (χ1) is 12.7. The van der Waals surface area contributed by atoms with E-state index in [1.165, 1.54) is 18.3 Å². The zero-order chi connectivity index (χ0) is 20.0. The number of aryl methyl sites for hydroxylation is 2. The summed E-state index contributed by atoms with van der Waals surface area (Å²) in [7, 11) is 0. The van der Waals surface area contributed by atoms with E-state index in [2.05, 4.69) is 10.4 Å². The molecule has 9 heteroatoms. The number of rotatable bonds is 8. The van der Waals surface area contributed by atoms with Crippen LogP contribution in [0.3, 0.4) is 0 Å². The van der Waals surface area contributed by atoms with Gasteiger partial charge in [0, 0.05) is 24.7 Å². The lowest BCUT2D eigenvalue weighted by Crippen LogP contribution is -2.14. The highest BCUT2D eigenvalue weighted by atomic mass is 35.5. The van der Waals surface area contributed by atoms with Gasteiger partial charge >= 0.3 is 6.09 Å². The van der Waals surface area contributed by atoms with Crippen molar-refractivity contribution in [1.82, 2.24) is 9.78 Å². The largest absolute Gasteiger partial charge is 0.444 e. The van der Waals surface area contributed by atoms with Crippen LogP contribution in [0.5, 0.6) is 0 Å². The van der Waals surface area contributed by atoms with Gasteiger partial charge in [-0.1, -0.05) is 17.7 Å². The molecule has 2 rings (SSSR count). The van der Waals surface area contributed by atoms with Crippen molar-refractivity contribution < 1.29 is 22.7 Å². The Morgan fingerprint density at radius 3 is 2.81 bits per heavy atom. The normalized spacial score (nSPS) is 11.5. The molecule has 2 aromatic rings. The highest BCUT2D eigenvalue weighted by molar-refractivity contribution is 6.32. The Morgan fingerprint density at radius 1 is 1.37 bits per heavy atom. The zero-order valence-corrected chi connectivity index (χ0v) is 15.8. The fourth-order valence-electron chi connectivity index (χ4n) is 2.40. The summed E-state index contributed by atoms with van der Waals surface area (Å²) in [5.41, 5.74) is 1.17. The minimum absolute atomic E-state index is 0.107. The van der Waals surface area contributed by atoms with E-state index in [1.807, 2.05) is 0 Å². The molecule has 0 aliphatic heterocycles. The van der Waals surface area contributed by atoms with Crippen LogP contribution in [0.1, 0.15) is 37.3 Å². The quantitative estimate of drug-likeness (QED) is 0.587. The number of carbonyl (C=O) groups is 1. The lowest BCUT2D eigenvalue weighted by molar-refractivity contribution is 0.0102. The van der Waals surface area contributed by atoms with Crippen molar-refractivity contribution in [2.45, 2.75) is 52.2 Å². The predicted molar refractivity (Wildman–Crippen MR) is 96.7 cm³/mol. The van der Waals surface area contributed by atoms with Crippen LogP contribution < -0.4 is 5.32 Å². The van der Waals surface area contributed by atoms with E-state index < -0.39 is 17.8 Å². The number of benzene rings is 1. The summed E-state index contributed by atoms with van der Waals surface area (Å²) in [5, 5.41) is 6.73. The number of anilines is 1. The molecule has 1 aromatic carbocycles. The van der Waals surface area contributed by atoms with Crippen LogP contribution in [0.4, 0.5) is 23.7 Å². The lowest BCUT2D eigenvalue weighted by atomic mass is 10.1. The van der Waals surface area contributed by atoms with E-state index in [0.29, 0.717) is 30.6 Å². The molecule has 27 heavy (non-hydrogen) atoms. The summed E-state index contributed by atoms with van der Waals surface area (Å²) < 4.78 is 45.8. The molecular formula is C18H21ClF3N3O2. The second-order valence-corrected chi connectivity index (χ2v) is 6.76. The Hall–Kier alpha value is -2.22. The minimum Gasteiger partial charge on any atom is -0.444 e. The van der Waals surface area contributed by atoms with Crippen molar-refractivity contribution in [3.63, 3.8) is 0 Å². The van der Waals surface area contributed by atoms with E-state index >= 15 is 0 Å². The summed E-state index contributed by atoms with van der Waals surface area (Å²) in [4.78, 5) is 11.9. The number of aromatic nitrogens is 2. The molecule has 1 amide bonds. The van der Waals surface area contributed by atoms with Crippen molar-refractivity contribution in [3.05, 3.63) is 46.5 Å². The maximum Gasteiger partial charge on any atom is 0.412 e. The fourth-order valence-corrected chi connectivity index (χ4v) is 2.61. The molecule has 0 saturated heterocycles. The van der Waals surface area contributed by atoms with Gasteiger partial charge in [-0.05, 0) is 38.3 Å². The number of hydrogen-bond acceptors (Lipinski definition) is 3. The van der Waals surface area contributed by atoms with Gasteiger partial charge in [-0.15, -0.1) is 0 Å². The average molecular weight is 404 g/mol. The SMILES string of the molecule is Cc1ccc(F)c(COC(=O)Nc2cnn(CCCCC(C)(F)F)c2)c1Cl. The van der Waals surface area contributed by atoms with E-state index in [9.17, 15) is 18.0 Å². The van der Waals surface area contributed by atoms with Gasteiger partial charge in [0.1, 0.15) is 12.4 Å². The Morgan fingerprint density at radius 2 is 2.11 bits per heavy atom. The third-order valence-corrected chi connectivity index (χ3v) is 4.39. The third-order valence-electron chi connectivity index (χ3n) is 3.86. The van der Waals surface area contributed by atoms with Crippen molar-refractivity contribution in [2.75, 3.05) is 5.32 Å². The molecule has 5 nitrogen and oxygen atoms in total. The monoisotopic (exact) mass is 403 g/mol. The predicted octanol–water partition coefficient (Wildman–Crippen LogP) is 5.56. The molecule has 0 saturated carbocycles. The van der Waals surface area contributed by atoms with Crippen LogP contribution in [0.25, 0.3) is 0 Å². The molecule has 1 N–H and O–H groups in total. The van der Waals surface area contributed by atoms with Crippen molar-refractivity contribution in [2.24, 2.45) is 0 Å². The van der Waals surface area contributed by atoms with Gasteiger partial charge in [-0.2, -0.15) is 5.10 Å². The van der Waals surface area contributed by atoms with Gasteiger partial charge in [-0.3, -0.25) is 10.00 Å². The average Bonchev–Trinajstić information content (AvgIpc) is 3.01. The number of carbonyl (C=O) groups excluding carboxylic acids is 1. The maximum absolute atomic E-state index is 13.8. The molecule has 0 unspecified atom stereocenters.